The van der Waals surface area contributed by atoms with E-state index in [-0.39, 0.29) is 0 Å². The number of hydrogen-bond acceptors (Lipinski definition) is 5. The van der Waals surface area contributed by atoms with E-state index in [1.165, 1.54) is 13.2 Å². The van der Waals surface area contributed by atoms with Crippen LogP contribution < -0.4 is 15.8 Å². The second-order valence-corrected chi connectivity index (χ2v) is 5.71. The van der Waals surface area contributed by atoms with Crippen LogP contribution >= 0.6 is 0 Å². The smallest absolute Gasteiger partial charge is 0.239 e. The lowest BCUT2D eigenvalue weighted by Crippen LogP contribution is -2.22. The summed E-state index contributed by atoms with van der Waals surface area (Å²) < 4.78 is 26.8. The van der Waals surface area contributed by atoms with E-state index < -0.39 is 21.5 Å². The number of benzene rings is 1. The summed E-state index contributed by atoms with van der Waals surface area (Å²) in [5.41, 5.74) is 6.34. The van der Waals surface area contributed by atoms with Crippen molar-refractivity contribution in [2.24, 2.45) is 0 Å². The van der Waals surface area contributed by atoms with Gasteiger partial charge in [-0.1, -0.05) is 0 Å². The van der Waals surface area contributed by atoms with Gasteiger partial charge in [0.1, 0.15) is 11.5 Å². The molecule has 0 saturated carbocycles. The van der Waals surface area contributed by atoms with Crippen molar-refractivity contribution in [3.8, 4) is 5.75 Å². The number of nitrogens with two attached hydrogens (primary N) is 1. The van der Waals surface area contributed by atoms with Crippen molar-refractivity contribution in [3.63, 3.8) is 0 Å². The molecule has 0 atom stereocenters. The van der Waals surface area contributed by atoms with Crippen molar-refractivity contribution in [2.75, 3.05) is 30.2 Å². The summed E-state index contributed by atoms with van der Waals surface area (Å²) in [6, 6.07) is 4.71. The molecule has 1 rings (SSSR count). The van der Waals surface area contributed by atoms with Gasteiger partial charge in [0.05, 0.1) is 18.5 Å². The van der Waals surface area contributed by atoms with Crippen LogP contribution in [0.25, 0.3) is 0 Å². The van der Waals surface area contributed by atoms with Gasteiger partial charge in [-0.3, -0.25) is 4.79 Å². The molecule has 0 saturated heterocycles. The molecule has 0 fully saturated rings. The summed E-state index contributed by atoms with van der Waals surface area (Å²) in [6.45, 7) is 0. The molecule has 17 heavy (non-hydrogen) atoms. The van der Waals surface area contributed by atoms with Crippen LogP contribution in [0.1, 0.15) is 0 Å². The van der Waals surface area contributed by atoms with Crippen molar-refractivity contribution >= 4 is 27.1 Å². The summed E-state index contributed by atoms with van der Waals surface area (Å²) in [7, 11) is -1.85. The Bertz CT molecular complexity index is 525. The lowest BCUT2D eigenvalue weighted by molar-refractivity contribution is -0.113. The first-order valence-electron chi connectivity index (χ1n) is 4.73. The van der Waals surface area contributed by atoms with Crippen LogP contribution in [-0.2, 0) is 14.6 Å². The standard InChI is InChI=1S/C10H14N2O4S/c1-16-7-3-4-9(8(11)5-7)12-10(13)6-17(2,14)15/h3-5H,6,11H2,1-2H3,(H,12,13). The van der Waals surface area contributed by atoms with E-state index in [0.717, 1.165) is 6.26 Å². The lowest BCUT2D eigenvalue weighted by Gasteiger charge is -2.09. The fraction of sp³-hybridized carbons (Fsp3) is 0.300. The SMILES string of the molecule is COc1ccc(NC(=O)CS(C)(=O)=O)c(N)c1. The molecule has 0 heterocycles. The molecule has 6 nitrogen and oxygen atoms in total. The first kappa shape index (κ1) is 13.3. The van der Waals surface area contributed by atoms with E-state index in [9.17, 15) is 13.2 Å². The molecule has 0 unspecified atom stereocenters. The fourth-order valence-electron chi connectivity index (χ4n) is 1.21. The maximum absolute atomic E-state index is 11.4. The summed E-state index contributed by atoms with van der Waals surface area (Å²) >= 11 is 0. The molecular weight excluding hydrogens is 244 g/mol. The van der Waals surface area contributed by atoms with Crippen molar-refractivity contribution in [1.29, 1.82) is 0 Å². The maximum atomic E-state index is 11.4. The van der Waals surface area contributed by atoms with Crippen LogP contribution in [0, 0.1) is 0 Å². The van der Waals surface area contributed by atoms with Gasteiger partial charge in [0.15, 0.2) is 9.84 Å². The van der Waals surface area contributed by atoms with E-state index in [1.807, 2.05) is 0 Å². The second kappa shape index (κ2) is 5.05. The fourth-order valence-corrected chi connectivity index (χ4v) is 1.75. The molecule has 0 aliphatic heterocycles. The van der Waals surface area contributed by atoms with Crippen LogP contribution in [0.15, 0.2) is 18.2 Å². The third kappa shape index (κ3) is 4.31. The Kier molecular flexibility index (Phi) is 3.95. The summed E-state index contributed by atoms with van der Waals surface area (Å²) in [5.74, 6) is -0.633. The van der Waals surface area contributed by atoms with Gasteiger partial charge in [0.25, 0.3) is 0 Å². The van der Waals surface area contributed by atoms with Gasteiger partial charge in [-0.2, -0.15) is 0 Å². The zero-order chi connectivity index (χ0) is 13.1. The minimum Gasteiger partial charge on any atom is -0.497 e. The number of amides is 1. The first-order valence-corrected chi connectivity index (χ1v) is 6.79. The zero-order valence-corrected chi connectivity index (χ0v) is 10.4. The van der Waals surface area contributed by atoms with Crippen molar-refractivity contribution in [1.82, 2.24) is 0 Å². The van der Waals surface area contributed by atoms with E-state index in [4.69, 9.17) is 10.5 Å². The van der Waals surface area contributed by atoms with Crippen molar-refractivity contribution in [2.45, 2.75) is 0 Å². The minimum absolute atomic E-state index is 0.311. The average Bonchev–Trinajstić information content (AvgIpc) is 2.18. The topological polar surface area (TPSA) is 98.5 Å². The monoisotopic (exact) mass is 258 g/mol. The predicted molar refractivity (Wildman–Crippen MR) is 65.7 cm³/mol. The molecule has 0 aliphatic carbocycles. The Morgan fingerprint density at radius 3 is 2.59 bits per heavy atom. The highest BCUT2D eigenvalue weighted by Gasteiger charge is 2.12. The third-order valence-corrected chi connectivity index (χ3v) is 2.71. The second-order valence-electron chi connectivity index (χ2n) is 3.57. The average molecular weight is 258 g/mol. The Balaban J connectivity index is 2.79. The van der Waals surface area contributed by atoms with Gasteiger partial charge in [-0.25, -0.2) is 8.42 Å². The lowest BCUT2D eigenvalue weighted by atomic mass is 10.2. The van der Waals surface area contributed by atoms with E-state index in [1.54, 1.807) is 12.1 Å². The predicted octanol–water partition coefficient (Wildman–Crippen LogP) is 0.260. The largest absolute Gasteiger partial charge is 0.497 e. The highest BCUT2D eigenvalue weighted by molar-refractivity contribution is 7.91. The number of rotatable bonds is 4. The van der Waals surface area contributed by atoms with Gasteiger partial charge in [-0.05, 0) is 12.1 Å². The van der Waals surface area contributed by atoms with Gasteiger partial charge >= 0.3 is 0 Å². The number of nitrogens with one attached hydrogen (secondary N) is 1. The number of hydrogen-bond donors (Lipinski definition) is 2. The van der Waals surface area contributed by atoms with Gasteiger partial charge in [0, 0.05) is 12.3 Å². The number of carbonyl (C=O) groups is 1. The maximum Gasteiger partial charge on any atom is 0.239 e. The number of anilines is 2. The van der Waals surface area contributed by atoms with Gasteiger partial charge in [-0.15, -0.1) is 0 Å². The minimum atomic E-state index is -3.35. The van der Waals surface area contributed by atoms with Crippen LogP contribution in [0.3, 0.4) is 0 Å². The van der Waals surface area contributed by atoms with Crippen LogP contribution in [0.4, 0.5) is 11.4 Å². The molecule has 0 radical (unpaired) electrons. The van der Waals surface area contributed by atoms with E-state index in [0.29, 0.717) is 17.1 Å². The molecule has 0 bridgehead atoms. The number of sulfone groups is 1. The van der Waals surface area contributed by atoms with Crippen molar-refractivity contribution in [3.05, 3.63) is 18.2 Å². The Morgan fingerprint density at radius 2 is 2.12 bits per heavy atom. The Morgan fingerprint density at radius 1 is 1.47 bits per heavy atom. The number of nitrogen functional groups attached to an aromatic ring is 1. The Labute approximate surface area is 99.7 Å². The van der Waals surface area contributed by atoms with E-state index in [2.05, 4.69) is 5.32 Å². The molecule has 1 amide bonds. The molecule has 0 spiro atoms. The number of ether oxygens (including phenoxy) is 1. The molecule has 7 heteroatoms. The van der Waals surface area contributed by atoms with Gasteiger partial charge in [0.2, 0.25) is 5.91 Å². The molecule has 94 valence electrons. The van der Waals surface area contributed by atoms with E-state index >= 15 is 0 Å². The molecule has 1 aromatic carbocycles. The van der Waals surface area contributed by atoms with Crippen molar-refractivity contribution < 1.29 is 17.9 Å². The molecule has 1 aromatic rings. The molecule has 3 N–H and O–H groups in total. The summed E-state index contributed by atoms with van der Waals surface area (Å²) in [6.07, 6.45) is 0.990. The number of carbonyl (C=O) groups excluding carboxylic acids is 1. The molecular formula is C10H14N2O4S. The van der Waals surface area contributed by atoms with Crippen LogP contribution in [-0.4, -0.2) is 33.4 Å². The normalized spacial score (nSPS) is 10.9. The van der Waals surface area contributed by atoms with Gasteiger partial charge < -0.3 is 15.8 Å². The first-order chi connectivity index (χ1) is 7.81. The van der Waals surface area contributed by atoms with Crippen LogP contribution in [0.5, 0.6) is 5.75 Å². The van der Waals surface area contributed by atoms with Crippen LogP contribution in [0.2, 0.25) is 0 Å². The molecule has 0 aliphatic rings. The Hall–Kier alpha value is -1.76. The zero-order valence-electron chi connectivity index (χ0n) is 9.56. The summed E-state index contributed by atoms with van der Waals surface area (Å²) in [4.78, 5) is 11.4. The highest BCUT2D eigenvalue weighted by atomic mass is 32.2. The quantitative estimate of drug-likeness (QED) is 0.755. The highest BCUT2D eigenvalue weighted by Crippen LogP contribution is 2.23. The summed E-state index contributed by atoms with van der Waals surface area (Å²) in [5, 5.41) is 2.42. The third-order valence-electron chi connectivity index (χ3n) is 1.93. The number of methoxy groups -OCH3 is 1. The molecule has 0 aromatic heterocycles.